The average molecular weight is 578 g/mol. The SMILES string of the molecule is COCCCCc1ccccc1OCCOC1CNCCC1c1ccc(OCCCOCc2ccccc2OC)cc1. The van der Waals surface area contributed by atoms with Gasteiger partial charge in [0.2, 0.25) is 0 Å². The lowest BCUT2D eigenvalue weighted by atomic mass is 9.88. The molecule has 7 nitrogen and oxygen atoms in total. The molecule has 1 aliphatic rings. The van der Waals surface area contributed by atoms with Crippen molar-refractivity contribution in [3.8, 4) is 17.2 Å². The highest BCUT2D eigenvalue weighted by Crippen LogP contribution is 2.29. The van der Waals surface area contributed by atoms with Gasteiger partial charge in [0.25, 0.3) is 0 Å². The van der Waals surface area contributed by atoms with E-state index in [2.05, 4.69) is 47.8 Å². The van der Waals surface area contributed by atoms with Gasteiger partial charge in [-0.1, -0.05) is 48.5 Å². The number of piperidine rings is 1. The van der Waals surface area contributed by atoms with Gasteiger partial charge in [0.15, 0.2) is 0 Å². The molecule has 1 aliphatic heterocycles. The molecule has 228 valence electrons. The molecule has 0 amide bonds. The number of nitrogens with one attached hydrogen (secondary N) is 1. The van der Waals surface area contributed by atoms with Crippen LogP contribution in [0.5, 0.6) is 17.2 Å². The molecule has 4 rings (SSSR count). The molecule has 3 aromatic carbocycles. The third kappa shape index (κ3) is 10.3. The fourth-order valence-corrected chi connectivity index (χ4v) is 5.32. The lowest BCUT2D eigenvalue weighted by Crippen LogP contribution is -2.41. The van der Waals surface area contributed by atoms with E-state index in [-0.39, 0.29) is 6.10 Å². The average Bonchev–Trinajstić information content (AvgIpc) is 3.04. The largest absolute Gasteiger partial charge is 0.496 e. The second-order valence-electron chi connectivity index (χ2n) is 10.6. The van der Waals surface area contributed by atoms with Crippen molar-refractivity contribution in [1.82, 2.24) is 5.32 Å². The molecule has 1 fully saturated rings. The highest BCUT2D eigenvalue weighted by Gasteiger charge is 2.27. The van der Waals surface area contributed by atoms with E-state index in [1.807, 2.05) is 30.3 Å². The van der Waals surface area contributed by atoms with Crippen molar-refractivity contribution < 1.29 is 28.4 Å². The first-order valence-electron chi connectivity index (χ1n) is 15.2. The van der Waals surface area contributed by atoms with Crippen molar-refractivity contribution in [2.45, 2.75) is 50.7 Å². The zero-order valence-corrected chi connectivity index (χ0v) is 25.2. The smallest absolute Gasteiger partial charge is 0.124 e. The number of ether oxygens (including phenoxy) is 6. The van der Waals surface area contributed by atoms with Gasteiger partial charge in [-0.2, -0.15) is 0 Å². The fraction of sp³-hybridized carbons (Fsp3) is 0.486. The summed E-state index contributed by atoms with van der Waals surface area (Å²) in [5, 5.41) is 3.49. The first kappa shape index (κ1) is 31.8. The van der Waals surface area contributed by atoms with Crippen LogP contribution in [-0.4, -0.2) is 66.4 Å². The minimum atomic E-state index is 0.110. The third-order valence-corrected chi connectivity index (χ3v) is 7.58. The van der Waals surface area contributed by atoms with Crippen molar-refractivity contribution >= 4 is 0 Å². The Balaban J connectivity index is 1.16. The summed E-state index contributed by atoms with van der Waals surface area (Å²) in [6.45, 7) is 5.50. The van der Waals surface area contributed by atoms with Crippen LogP contribution in [0.25, 0.3) is 0 Å². The Hall–Kier alpha value is -3.10. The van der Waals surface area contributed by atoms with Gasteiger partial charge in [-0.3, -0.25) is 0 Å². The van der Waals surface area contributed by atoms with E-state index in [0.717, 1.165) is 74.6 Å². The molecule has 2 unspecified atom stereocenters. The molecule has 7 heteroatoms. The molecular weight excluding hydrogens is 530 g/mol. The molecule has 1 N–H and O–H groups in total. The van der Waals surface area contributed by atoms with Crippen LogP contribution in [-0.2, 0) is 27.2 Å². The summed E-state index contributed by atoms with van der Waals surface area (Å²) in [6, 6.07) is 24.7. The van der Waals surface area contributed by atoms with Gasteiger partial charge in [-0.25, -0.2) is 0 Å². The topological polar surface area (TPSA) is 67.4 Å². The molecule has 1 heterocycles. The molecule has 2 atom stereocenters. The number of hydrogen-bond acceptors (Lipinski definition) is 7. The summed E-state index contributed by atoms with van der Waals surface area (Å²) >= 11 is 0. The molecule has 3 aromatic rings. The van der Waals surface area contributed by atoms with E-state index in [1.54, 1.807) is 14.2 Å². The number of para-hydroxylation sites is 2. The highest BCUT2D eigenvalue weighted by molar-refractivity contribution is 5.34. The molecule has 42 heavy (non-hydrogen) atoms. The van der Waals surface area contributed by atoms with Crippen LogP contribution in [0.3, 0.4) is 0 Å². The van der Waals surface area contributed by atoms with Crippen LogP contribution >= 0.6 is 0 Å². The van der Waals surface area contributed by atoms with Crippen molar-refractivity contribution in [2.24, 2.45) is 0 Å². The van der Waals surface area contributed by atoms with Crippen molar-refractivity contribution in [2.75, 3.05) is 60.3 Å². The Kier molecular flexibility index (Phi) is 14.0. The monoisotopic (exact) mass is 577 g/mol. The first-order valence-corrected chi connectivity index (χ1v) is 15.2. The summed E-state index contributed by atoms with van der Waals surface area (Å²) in [7, 11) is 3.43. The maximum absolute atomic E-state index is 6.35. The van der Waals surface area contributed by atoms with Gasteiger partial charge in [-0.05, 0) is 67.6 Å². The zero-order chi connectivity index (χ0) is 29.2. The minimum Gasteiger partial charge on any atom is -0.496 e. The predicted octanol–water partition coefficient (Wildman–Crippen LogP) is 6.19. The first-order chi connectivity index (χ1) is 20.8. The van der Waals surface area contributed by atoms with Gasteiger partial charge in [0.05, 0.1) is 39.6 Å². The van der Waals surface area contributed by atoms with Crippen LogP contribution in [0, 0.1) is 0 Å². The molecule has 0 aliphatic carbocycles. The molecule has 1 saturated heterocycles. The molecule has 0 spiro atoms. The van der Waals surface area contributed by atoms with Crippen molar-refractivity contribution in [3.63, 3.8) is 0 Å². The Bertz CT molecular complexity index is 1150. The van der Waals surface area contributed by atoms with E-state index in [4.69, 9.17) is 28.4 Å². The lowest BCUT2D eigenvalue weighted by molar-refractivity contribution is 0.00720. The number of rotatable bonds is 19. The van der Waals surface area contributed by atoms with E-state index < -0.39 is 0 Å². The fourth-order valence-electron chi connectivity index (χ4n) is 5.32. The molecule has 0 bridgehead atoms. The van der Waals surface area contributed by atoms with Gasteiger partial charge in [0.1, 0.15) is 23.9 Å². The Morgan fingerprint density at radius 3 is 2.31 bits per heavy atom. The zero-order valence-electron chi connectivity index (χ0n) is 25.2. The van der Waals surface area contributed by atoms with E-state index in [9.17, 15) is 0 Å². The number of methoxy groups -OCH3 is 2. The van der Waals surface area contributed by atoms with Crippen molar-refractivity contribution in [1.29, 1.82) is 0 Å². The third-order valence-electron chi connectivity index (χ3n) is 7.58. The van der Waals surface area contributed by atoms with Gasteiger partial charge in [0, 0.05) is 38.2 Å². The van der Waals surface area contributed by atoms with Crippen LogP contribution in [0.2, 0.25) is 0 Å². The summed E-state index contributed by atoms with van der Waals surface area (Å²) in [5.41, 5.74) is 3.59. The summed E-state index contributed by atoms with van der Waals surface area (Å²) < 4.78 is 34.8. The summed E-state index contributed by atoms with van der Waals surface area (Å²) in [6.07, 6.45) is 5.10. The summed E-state index contributed by atoms with van der Waals surface area (Å²) in [4.78, 5) is 0. The van der Waals surface area contributed by atoms with Crippen LogP contribution in [0.1, 0.15) is 48.3 Å². The highest BCUT2D eigenvalue weighted by atomic mass is 16.5. The van der Waals surface area contributed by atoms with E-state index >= 15 is 0 Å². The Morgan fingerprint density at radius 2 is 1.50 bits per heavy atom. The Labute approximate surface area is 251 Å². The predicted molar refractivity (Wildman–Crippen MR) is 166 cm³/mol. The molecule has 0 radical (unpaired) electrons. The standard InChI is InChI=1S/C35H47NO6/c1-37-21-8-7-11-29-10-3-6-14-34(29)41-24-25-42-35-26-36-20-19-32(35)28-15-17-31(18-16-28)40-23-9-22-39-27-30-12-4-5-13-33(30)38-2/h3-6,10,12-18,32,35-36H,7-9,11,19-27H2,1-2H3. The second-order valence-corrected chi connectivity index (χ2v) is 10.6. The molecular formula is C35H47NO6. The Morgan fingerprint density at radius 1 is 0.714 bits per heavy atom. The van der Waals surface area contributed by atoms with Gasteiger partial charge < -0.3 is 33.7 Å². The maximum Gasteiger partial charge on any atom is 0.124 e. The number of aryl methyl sites for hydroxylation is 1. The lowest BCUT2D eigenvalue weighted by Gasteiger charge is -2.32. The number of unbranched alkanes of at least 4 members (excludes halogenated alkanes) is 1. The van der Waals surface area contributed by atoms with Crippen LogP contribution < -0.4 is 19.5 Å². The molecule has 0 aromatic heterocycles. The van der Waals surface area contributed by atoms with Crippen molar-refractivity contribution in [3.05, 3.63) is 89.5 Å². The van der Waals surface area contributed by atoms with E-state index in [1.165, 1.54) is 11.1 Å². The van der Waals surface area contributed by atoms with Crippen LogP contribution in [0.15, 0.2) is 72.8 Å². The minimum absolute atomic E-state index is 0.110. The molecule has 0 saturated carbocycles. The summed E-state index contributed by atoms with van der Waals surface area (Å²) in [5.74, 6) is 3.03. The number of hydrogen-bond donors (Lipinski definition) is 1. The normalized spacial score (nSPS) is 16.7. The quantitative estimate of drug-likeness (QED) is 0.170. The van der Waals surface area contributed by atoms with Gasteiger partial charge in [-0.15, -0.1) is 0 Å². The second kappa shape index (κ2) is 18.4. The van der Waals surface area contributed by atoms with Crippen LogP contribution in [0.4, 0.5) is 0 Å². The van der Waals surface area contributed by atoms with Gasteiger partial charge >= 0.3 is 0 Å². The number of benzene rings is 3. The van der Waals surface area contributed by atoms with E-state index in [0.29, 0.717) is 39.0 Å². The maximum atomic E-state index is 6.35.